The van der Waals surface area contributed by atoms with Gasteiger partial charge in [0.1, 0.15) is 0 Å². The Morgan fingerprint density at radius 2 is 1.72 bits per heavy atom. The molecule has 1 saturated heterocycles. The van der Waals surface area contributed by atoms with Crippen LogP contribution in [-0.4, -0.2) is 55.2 Å². The first-order valence-electron chi connectivity index (χ1n) is 11.0. The average Bonchev–Trinajstić information content (AvgIpc) is 2.82. The maximum atomic E-state index is 13.1. The van der Waals surface area contributed by atoms with Gasteiger partial charge in [0.2, 0.25) is 10.0 Å². The number of ether oxygens (including phenoxy) is 1. The largest absolute Gasteiger partial charge is 0.452 e. The quantitative estimate of drug-likeness (QED) is 0.646. The van der Waals surface area contributed by atoms with Gasteiger partial charge in [0.05, 0.1) is 10.5 Å². The van der Waals surface area contributed by atoms with E-state index in [4.69, 9.17) is 4.74 Å². The first kappa shape index (κ1) is 22.5. The van der Waals surface area contributed by atoms with Crippen LogP contribution in [0.15, 0.2) is 53.4 Å². The molecule has 2 aliphatic rings. The van der Waals surface area contributed by atoms with Gasteiger partial charge in [0.25, 0.3) is 5.91 Å². The van der Waals surface area contributed by atoms with E-state index in [2.05, 4.69) is 0 Å². The zero-order valence-corrected chi connectivity index (χ0v) is 19.0. The molecule has 0 bridgehead atoms. The molecule has 1 atom stereocenters. The molecular weight excluding hydrogens is 428 g/mol. The van der Waals surface area contributed by atoms with Gasteiger partial charge < -0.3 is 9.64 Å². The van der Waals surface area contributed by atoms with E-state index in [1.54, 1.807) is 4.90 Å². The Morgan fingerprint density at radius 3 is 2.44 bits per heavy atom. The van der Waals surface area contributed by atoms with E-state index in [1.165, 1.54) is 34.1 Å². The predicted molar refractivity (Wildman–Crippen MR) is 119 cm³/mol. The lowest BCUT2D eigenvalue weighted by molar-refractivity contribution is -0.137. The Kier molecular flexibility index (Phi) is 6.62. The number of amides is 1. The summed E-state index contributed by atoms with van der Waals surface area (Å²) in [6.45, 7) is 3.12. The van der Waals surface area contributed by atoms with Gasteiger partial charge in [-0.1, -0.05) is 24.3 Å². The number of likely N-dealkylation sites (tertiary alicyclic amines) is 1. The number of nitrogens with zero attached hydrogens (tertiary/aromatic N) is 2. The highest BCUT2D eigenvalue weighted by atomic mass is 32.2. The SMILES string of the molecule is CC1CCCCN1C(=O)COC(=O)c1ccc(S(=O)(=O)N2CCc3ccccc3C2)cc1. The number of carbonyl (C=O) groups excluding carboxylic acids is 2. The summed E-state index contributed by atoms with van der Waals surface area (Å²) in [5, 5.41) is 0. The zero-order chi connectivity index (χ0) is 22.7. The molecule has 0 aliphatic carbocycles. The molecule has 1 fully saturated rings. The molecule has 0 aromatic heterocycles. The van der Waals surface area contributed by atoms with Crippen LogP contribution in [0.4, 0.5) is 0 Å². The summed E-state index contributed by atoms with van der Waals surface area (Å²) in [5.41, 5.74) is 2.40. The second kappa shape index (κ2) is 9.42. The first-order valence-corrected chi connectivity index (χ1v) is 12.4. The lowest BCUT2D eigenvalue weighted by atomic mass is 10.0. The lowest BCUT2D eigenvalue weighted by Crippen LogP contribution is -2.44. The van der Waals surface area contributed by atoms with Crippen molar-refractivity contribution in [1.29, 1.82) is 0 Å². The minimum atomic E-state index is -3.67. The van der Waals surface area contributed by atoms with Crippen LogP contribution in [-0.2, 0) is 32.5 Å². The topological polar surface area (TPSA) is 84.0 Å². The fourth-order valence-electron chi connectivity index (χ4n) is 4.35. The number of hydrogen-bond acceptors (Lipinski definition) is 5. The molecule has 4 rings (SSSR count). The molecule has 0 saturated carbocycles. The number of hydrogen-bond donors (Lipinski definition) is 0. The van der Waals surface area contributed by atoms with Gasteiger partial charge in [0, 0.05) is 25.7 Å². The Hall–Kier alpha value is -2.71. The molecule has 8 heteroatoms. The van der Waals surface area contributed by atoms with Gasteiger partial charge in [-0.25, -0.2) is 13.2 Å². The van der Waals surface area contributed by atoms with Crippen molar-refractivity contribution in [2.45, 2.75) is 50.1 Å². The van der Waals surface area contributed by atoms with E-state index in [9.17, 15) is 18.0 Å². The molecule has 7 nitrogen and oxygen atoms in total. The Bertz CT molecular complexity index is 1100. The molecule has 2 aromatic carbocycles. The highest BCUT2D eigenvalue weighted by Gasteiger charge is 2.28. The minimum absolute atomic E-state index is 0.131. The van der Waals surface area contributed by atoms with Gasteiger partial charge in [-0.05, 0) is 68.0 Å². The third kappa shape index (κ3) is 4.71. The summed E-state index contributed by atoms with van der Waals surface area (Å²) < 4.78 is 32.8. The molecule has 2 aromatic rings. The van der Waals surface area contributed by atoms with Crippen LogP contribution in [0.25, 0.3) is 0 Å². The number of benzene rings is 2. The van der Waals surface area contributed by atoms with Crippen molar-refractivity contribution in [2.75, 3.05) is 19.7 Å². The molecule has 0 N–H and O–H groups in total. The molecule has 170 valence electrons. The second-order valence-electron chi connectivity index (χ2n) is 8.39. The number of rotatable bonds is 5. The van der Waals surface area contributed by atoms with Crippen molar-refractivity contribution in [3.8, 4) is 0 Å². The van der Waals surface area contributed by atoms with Crippen LogP contribution < -0.4 is 0 Å². The van der Waals surface area contributed by atoms with Gasteiger partial charge >= 0.3 is 5.97 Å². The summed E-state index contributed by atoms with van der Waals surface area (Å²) in [6, 6.07) is 13.7. The molecule has 2 heterocycles. The van der Waals surface area contributed by atoms with Gasteiger partial charge in [-0.15, -0.1) is 0 Å². The van der Waals surface area contributed by atoms with Gasteiger partial charge in [-0.3, -0.25) is 4.79 Å². The third-order valence-corrected chi connectivity index (χ3v) is 8.13. The first-order chi connectivity index (χ1) is 15.4. The van der Waals surface area contributed by atoms with Gasteiger partial charge in [0.15, 0.2) is 6.61 Å². The molecule has 1 unspecified atom stereocenters. The van der Waals surface area contributed by atoms with Gasteiger partial charge in [-0.2, -0.15) is 4.31 Å². The third-order valence-electron chi connectivity index (χ3n) is 6.27. The summed E-state index contributed by atoms with van der Waals surface area (Å²) in [4.78, 5) is 26.6. The number of esters is 1. The monoisotopic (exact) mass is 456 g/mol. The Labute approximate surface area is 189 Å². The number of fused-ring (bicyclic) bond motifs is 1. The van der Waals surface area contributed by atoms with Crippen LogP contribution in [0, 0.1) is 0 Å². The average molecular weight is 457 g/mol. The number of piperidine rings is 1. The van der Waals surface area contributed by atoms with Crippen LogP contribution in [0.1, 0.15) is 47.7 Å². The van der Waals surface area contributed by atoms with E-state index in [-0.39, 0.29) is 29.0 Å². The molecule has 32 heavy (non-hydrogen) atoms. The molecular formula is C24H28N2O5S. The van der Waals surface area contributed by atoms with Crippen LogP contribution in [0.2, 0.25) is 0 Å². The van der Waals surface area contributed by atoms with Crippen molar-refractivity contribution in [2.24, 2.45) is 0 Å². The molecule has 0 spiro atoms. The molecule has 2 aliphatic heterocycles. The maximum Gasteiger partial charge on any atom is 0.338 e. The van der Waals surface area contributed by atoms with Crippen LogP contribution >= 0.6 is 0 Å². The standard InChI is InChI=1S/C24H28N2O5S/c1-18-6-4-5-14-26(18)23(27)17-31-24(28)20-9-11-22(12-10-20)32(29,30)25-15-13-19-7-2-3-8-21(19)16-25/h2-3,7-12,18H,4-6,13-17H2,1H3. The predicted octanol–water partition coefficient (Wildman–Crippen LogP) is 2.99. The fourth-order valence-corrected chi connectivity index (χ4v) is 5.77. The normalized spacial score (nSPS) is 19.3. The summed E-state index contributed by atoms with van der Waals surface area (Å²) in [5.74, 6) is -0.839. The number of sulfonamides is 1. The zero-order valence-electron chi connectivity index (χ0n) is 18.2. The molecule has 1 amide bonds. The van der Waals surface area contributed by atoms with Crippen molar-refractivity contribution in [1.82, 2.24) is 9.21 Å². The van der Waals surface area contributed by atoms with Crippen molar-refractivity contribution in [3.63, 3.8) is 0 Å². The fraction of sp³-hybridized carbons (Fsp3) is 0.417. The highest BCUT2D eigenvalue weighted by molar-refractivity contribution is 7.89. The number of carbonyl (C=O) groups is 2. The summed E-state index contributed by atoms with van der Waals surface area (Å²) in [6.07, 6.45) is 3.69. The van der Waals surface area contributed by atoms with Crippen molar-refractivity contribution < 1.29 is 22.7 Å². The summed E-state index contributed by atoms with van der Waals surface area (Å²) in [7, 11) is -3.67. The lowest BCUT2D eigenvalue weighted by Gasteiger charge is -2.33. The smallest absolute Gasteiger partial charge is 0.338 e. The van der Waals surface area contributed by atoms with E-state index in [0.717, 1.165) is 24.8 Å². The Balaban J connectivity index is 1.38. The van der Waals surface area contributed by atoms with E-state index < -0.39 is 16.0 Å². The van der Waals surface area contributed by atoms with Crippen LogP contribution in [0.3, 0.4) is 0 Å². The minimum Gasteiger partial charge on any atom is -0.452 e. The second-order valence-corrected chi connectivity index (χ2v) is 10.3. The van der Waals surface area contributed by atoms with Crippen LogP contribution in [0.5, 0.6) is 0 Å². The van der Waals surface area contributed by atoms with E-state index in [1.807, 2.05) is 31.2 Å². The molecule has 0 radical (unpaired) electrons. The summed E-state index contributed by atoms with van der Waals surface area (Å²) >= 11 is 0. The maximum absolute atomic E-state index is 13.1. The Morgan fingerprint density at radius 1 is 1.00 bits per heavy atom. The van der Waals surface area contributed by atoms with E-state index >= 15 is 0 Å². The van der Waals surface area contributed by atoms with E-state index in [0.29, 0.717) is 26.1 Å². The van der Waals surface area contributed by atoms with Crippen molar-refractivity contribution in [3.05, 3.63) is 65.2 Å². The van der Waals surface area contributed by atoms with Crippen molar-refractivity contribution >= 4 is 21.9 Å². The highest BCUT2D eigenvalue weighted by Crippen LogP contribution is 2.25.